The second-order valence-electron chi connectivity index (χ2n) is 4.09. The fourth-order valence-corrected chi connectivity index (χ4v) is 2.23. The van der Waals surface area contributed by atoms with Crippen LogP contribution in [0.25, 0.3) is 0 Å². The summed E-state index contributed by atoms with van der Waals surface area (Å²) in [7, 11) is 0. The average Bonchev–Trinajstić information content (AvgIpc) is 2.44. The number of rotatable bonds is 4. The highest BCUT2D eigenvalue weighted by Crippen LogP contribution is 2.20. The Morgan fingerprint density at radius 2 is 1.89 bits per heavy atom. The highest BCUT2D eigenvalue weighted by atomic mass is 127. The van der Waals surface area contributed by atoms with Gasteiger partial charge >= 0.3 is 0 Å². The van der Waals surface area contributed by atoms with Gasteiger partial charge in [-0.05, 0) is 46.4 Å². The molecule has 0 fully saturated rings. The lowest BCUT2D eigenvalue weighted by Crippen LogP contribution is -2.01. The first-order valence-corrected chi connectivity index (χ1v) is 6.96. The molecule has 0 aliphatic heterocycles. The molecule has 0 saturated carbocycles. The molecule has 2 rings (SSSR count). The van der Waals surface area contributed by atoms with Crippen molar-refractivity contribution in [2.45, 2.75) is 6.04 Å². The number of hydrogen-bond acceptors (Lipinski definition) is 3. The maximum Gasteiger partial charge on any atom is 0.124 e. The van der Waals surface area contributed by atoms with Crippen LogP contribution < -0.4 is 0 Å². The number of halogens is 1. The van der Waals surface area contributed by atoms with Crippen molar-refractivity contribution in [2.24, 2.45) is 4.99 Å². The summed E-state index contributed by atoms with van der Waals surface area (Å²) in [5, 5.41) is 19.1. The van der Waals surface area contributed by atoms with Gasteiger partial charge in [0.1, 0.15) is 5.75 Å². The Morgan fingerprint density at radius 1 is 1.16 bits per heavy atom. The summed E-state index contributed by atoms with van der Waals surface area (Å²) in [6.07, 6.45) is 1.60. The monoisotopic (exact) mass is 367 g/mol. The van der Waals surface area contributed by atoms with E-state index in [0.29, 0.717) is 5.56 Å². The molecule has 98 valence electrons. The molecule has 1 atom stereocenters. The molecule has 0 aliphatic carbocycles. The number of aliphatic hydroxyl groups is 1. The first-order chi connectivity index (χ1) is 9.20. The highest BCUT2D eigenvalue weighted by Gasteiger charge is 2.07. The Morgan fingerprint density at radius 3 is 2.58 bits per heavy atom. The fourth-order valence-electron chi connectivity index (χ4n) is 1.71. The van der Waals surface area contributed by atoms with Gasteiger partial charge in [0.15, 0.2) is 0 Å². The van der Waals surface area contributed by atoms with E-state index in [2.05, 4.69) is 27.6 Å². The second kappa shape index (κ2) is 6.68. The summed E-state index contributed by atoms with van der Waals surface area (Å²) in [6, 6.07) is 14.6. The van der Waals surface area contributed by atoms with Crippen LogP contribution in [0.5, 0.6) is 5.75 Å². The summed E-state index contributed by atoms with van der Waals surface area (Å²) < 4.78 is 1.03. The van der Waals surface area contributed by atoms with E-state index in [1.807, 2.05) is 42.5 Å². The minimum atomic E-state index is -0.307. The molecule has 0 radical (unpaired) electrons. The molecule has 0 spiro atoms. The van der Waals surface area contributed by atoms with Crippen molar-refractivity contribution >= 4 is 28.8 Å². The number of nitrogens with zero attached hydrogens (tertiary/aromatic N) is 1. The Balaban J connectivity index is 2.23. The van der Waals surface area contributed by atoms with Crippen molar-refractivity contribution in [3.8, 4) is 5.75 Å². The van der Waals surface area contributed by atoms with Crippen LogP contribution in [0.2, 0.25) is 0 Å². The number of phenols is 1. The lowest BCUT2D eigenvalue weighted by Gasteiger charge is -2.09. The number of aliphatic hydroxyl groups excluding tert-OH is 1. The minimum absolute atomic E-state index is 0.0643. The van der Waals surface area contributed by atoms with E-state index < -0.39 is 0 Å². The predicted octanol–water partition coefficient (Wildman–Crippen LogP) is 3.15. The predicted molar refractivity (Wildman–Crippen MR) is 84.7 cm³/mol. The van der Waals surface area contributed by atoms with Gasteiger partial charge in [-0.15, -0.1) is 0 Å². The van der Waals surface area contributed by atoms with Crippen LogP contribution in [-0.2, 0) is 0 Å². The Kier molecular flexibility index (Phi) is 4.93. The van der Waals surface area contributed by atoms with Crippen LogP contribution in [0.15, 0.2) is 53.5 Å². The van der Waals surface area contributed by atoms with Gasteiger partial charge in [0.05, 0.1) is 12.6 Å². The third-order valence-electron chi connectivity index (χ3n) is 2.74. The maximum absolute atomic E-state index is 9.73. The van der Waals surface area contributed by atoms with Gasteiger partial charge in [-0.3, -0.25) is 4.99 Å². The van der Waals surface area contributed by atoms with Gasteiger partial charge in [-0.2, -0.15) is 0 Å². The summed E-state index contributed by atoms with van der Waals surface area (Å²) in [5.74, 6) is 0.189. The SMILES string of the molecule is OC[C@H](N=Cc1cc(I)ccc1O)c1ccccc1. The van der Waals surface area contributed by atoms with Crippen LogP contribution >= 0.6 is 22.6 Å². The molecular weight excluding hydrogens is 353 g/mol. The van der Waals surface area contributed by atoms with Crippen LogP contribution in [0.1, 0.15) is 17.2 Å². The van der Waals surface area contributed by atoms with Crippen LogP contribution in [0, 0.1) is 3.57 Å². The Labute approximate surface area is 125 Å². The molecule has 2 aromatic carbocycles. The molecule has 0 saturated heterocycles. The number of phenolic OH excluding ortho intramolecular Hbond substituents is 1. The fraction of sp³-hybridized carbons (Fsp3) is 0.133. The van der Waals surface area contributed by atoms with E-state index in [1.54, 1.807) is 12.3 Å². The van der Waals surface area contributed by atoms with E-state index in [-0.39, 0.29) is 18.4 Å². The van der Waals surface area contributed by atoms with Gasteiger partial charge < -0.3 is 10.2 Å². The van der Waals surface area contributed by atoms with Gasteiger partial charge in [0.25, 0.3) is 0 Å². The quantitative estimate of drug-likeness (QED) is 0.645. The zero-order chi connectivity index (χ0) is 13.7. The lowest BCUT2D eigenvalue weighted by atomic mass is 10.1. The molecule has 0 bridgehead atoms. The van der Waals surface area contributed by atoms with E-state index in [4.69, 9.17) is 0 Å². The molecule has 2 aromatic rings. The first-order valence-electron chi connectivity index (χ1n) is 5.88. The van der Waals surface area contributed by atoms with Crippen molar-refractivity contribution in [3.05, 3.63) is 63.2 Å². The van der Waals surface area contributed by atoms with Gasteiger partial charge in [-0.1, -0.05) is 30.3 Å². The molecule has 0 aromatic heterocycles. The molecule has 3 nitrogen and oxygen atoms in total. The molecule has 19 heavy (non-hydrogen) atoms. The minimum Gasteiger partial charge on any atom is -0.507 e. The van der Waals surface area contributed by atoms with Crippen molar-refractivity contribution < 1.29 is 10.2 Å². The second-order valence-corrected chi connectivity index (χ2v) is 5.34. The Hall–Kier alpha value is -1.40. The normalized spacial score (nSPS) is 12.7. The topological polar surface area (TPSA) is 52.8 Å². The van der Waals surface area contributed by atoms with Crippen molar-refractivity contribution in [2.75, 3.05) is 6.61 Å². The van der Waals surface area contributed by atoms with Gasteiger partial charge in [-0.25, -0.2) is 0 Å². The van der Waals surface area contributed by atoms with Gasteiger partial charge in [0.2, 0.25) is 0 Å². The number of benzene rings is 2. The molecule has 0 heterocycles. The standard InChI is InChI=1S/C15H14INO2/c16-13-6-7-15(19)12(8-13)9-17-14(10-18)11-4-2-1-3-5-11/h1-9,14,18-19H,10H2/t14-/m0/s1. The number of aromatic hydroxyl groups is 1. The lowest BCUT2D eigenvalue weighted by molar-refractivity contribution is 0.269. The average molecular weight is 367 g/mol. The van der Waals surface area contributed by atoms with Crippen molar-refractivity contribution in [1.82, 2.24) is 0 Å². The molecule has 0 unspecified atom stereocenters. The highest BCUT2D eigenvalue weighted by molar-refractivity contribution is 14.1. The molecule has 4 heteroatoms. The van der Waals surface area contributed by atoms with Crippen LogP contribution in [-0.4, -0.2) is 23.0 Å². The first kappa shape index (κ1) is 14.0. The van der Waals surface area contributed by atoms with Crippen molar-refractivity contribution in [1.29, 1.82) is 0 Å². The largest absolute Gasteiger partial charge is 0.507 e. The summed E-state index contributed by atoms with van der Waals surface area (Å²) in [4.78, 5) is 4.35. The third kappa shape index (κ3) is 3.78. The molecular formula is C15H14INO2. The third-order valence-corrected chi connectivity index (χ3v) is 3.41. The van der Waals surface area contributed by atoms with E-state index in [9.17, 15) is 10.2 Å². The molecule has 2 N–H and O–H groups in total. The Bertz CT molecular complexity index is 570. The summed E-state index contributed by atoms with van der Waals surface area (Å²) >= 11 is 2.18. The maximum atomic E-state index is 9.73. The zero-order valence-corrected chi connectivity index (χ0v) is 12.4. The smallest absolute Gasteiger partial charge is 0.124 e. The van der Waals surface area contributed by atoms with Crippen molar-refractivity contribution in [3.63, 3.8) is 0 Å². The van der Waals surface area contributed by atoms with Gasteiger partial charge in [0, 0.05) is 15.3 Å². The summed E-state index contributed by atoms with van der Waals surface area (Å²) in [5.41, 5.74) is 1.60. The number of hydrogen-bond donors (Lipinski definition) is 2. The van der Waals surface area contributed by atoms with E-state index >= 15 is 0 Å². The number of aliphatic imine (C=N–C) groups is 1. The van der Waals surface area contributed by atoms with E-state index in [0.717, 1.165) is 9.13 Å². The van der Waals surface area contributed by atoms with Crippen LogP contribution in [0.4, 0.5) is 0 Å². The molecule has 0 aliphatic rings. The molecule has 0 amide bonds. The van der Waals surface area contributed by atoms with E-state index in [1.165, 1.54) is 0 Å². The summed E-state index contributed by atoms with van der Waals surface area (Å²) in [6.45, 7) is -0.0643. The zero-order valence-electron chi connectivity index (χ0n) is 10.2. The van der Waals surface area contributed by atoms with Crippen LogP contribution in [0.3, 0.4) is 0 Å².